The molecule has 16 heavy (non-hydrogen) atoms. The zero-order valence-electron chi connectivity index (χ0n) is 9.20. The van der Waals surface area contributed by atoms with Crippen LogP contribution in [0.5, 0.6) is 0 Å². The fraction of sp³-hybridized carbons (Fsp3) is 0.444. The first-order valence-corrected chi connectivity index (χ1v) is 4.47. The summed E-state index contributed by atoms with van der Waals surface area (Å²) in [5.41, 5.74) is -0.00347. The van der Waals surface area contributed by atoms with Crippen molar-refractivity contribution in [3.8, 4) is 0 Å². The van der Waals surface area contributed by atoms with Crippen LogP contribution in [-0.4, -0.2) is 43.6 Å². The topological polar surface area (TPSA) is 84.9 Å². The predicted molar refractivity (Wildman–Crippen MR) is 52.0 cm³/mol. The van der Waals surface area contributed by atoms with Crippen LogP contribution in [0.2, 0.25) is 0 Å². The van der Waals surface area contributed by atoms with E-state index >= 15 is 0 Å². The molecule has 0 atom stereocenters. The first kappa shape index (κ1) is 12.0. The van der Waals surface area contributed by atoms with E-state index in [9.17, 15) is 14.4 Å². The zero-order chi connectivity index (χ0) is 12.3. The summed E-state index contributed by atoms with van der Waals surface area (Å²) in [6.45, 7) is 1.04. The minimum atomic E-state index is -0.544. The molecule has 1 aliphatic rings. The molecule has 1 rings (SSSR count). The maximum atomic E-state index is 11.5. The van der Waals surface area contributed by atoms with Crippen molar-refractivity contribution in [3.63, 3.8) is 0 Å². The number of urea groups is 1. The number of nitrogens with zero attached hydrogens (tertiary/aromatic N) is 1. The lowest BCUT2D eigenvalue weighted by Gasteiger charge is -2.08. The molecule has 0 aromatic heterocycles. The highest BCUT2D eigenvalue weighted by Crippen LogP contribution is 2.13. The molecule has 0 saturated carbocycles. The average molecular weight is 228 g/mol. The lowest BCUT2D eigenvalue weighted by molar-refractivity contribution is -0.141. The SMILES string of the molecule is CO/C(COC(C)=O)=C1/NC(=O)N(C)C1=O. The van der Waals surface area contributed by atoms with Gasteiger partial charge in [0, 0.05) is 14.0 Å². The normalized spacial score (nSPS) is 18.3. The standard InChI is InChI=1S/C9H12N2O5/c1-5(12)16-4-6(15-3)7-8(13)11(2)9(14)10-7/h4H2,1-3H3,(H,10,14)/b7-6+. The summed E-state index contributed by atoms with van der Waals surface area (Å²) in [6, 6.07) is -0.544. The van der Waals surface area contributed by atoms with Crippen molar-refractivity contribution in [1.29, 1.82) is 0 Å². The van der Waals surface area contributed by atoms with Gasteiger partial charge in [-0.2, -0.15) is 0 Å². The van der Waals surface area contributed by atoms with E-state index < -0.39 is 17.9 Å². The fourth-order valence-electron chi connectivity index (χ4n) is 1.09. The average Bonchev–Trinajstić information content (AvgIpc) is 2.47. The Hall–Kier alpha value is -2.05. The van der Waals surface area contributed by atoms with Gasteiger partial charge in [-0.05, 0) is 0 Å². The molecule has 0 bridgehead atoms. The van der Waals surface area contributed by atoms with Gasteiger partial charge >= 0.3 is 12.0 Å². The van der Waals surface area contributed by atoms with Crippen LogP contribution in [0.15, 0.2) is 11.5 Å². The predicted octanol–water partition coefficient (Wildman–Crippen LogP) is -0.411. The lowest BCUT2D eigenvalue weighted by Crippen LogP contribution is -2.25. The van der Waals surface area contributed by atoms with Crippen molar-refractivity contribution >= 4 is 17.9 Å². The van der Waals surface area contributed by atoms with Crippen molar-refractivity contribution in [1.82, 2.24) is 10.2 Å². The van der Waals surface area contributed by atoms with E-state index in [1.54, 1.807) is 0 Å². The van der Waals surface area contributed by atoms with E-state index in [1.807, 2.05) is 0 Å². The Bertz CT molecular complexity index is 374. The van der Waals surface area contributed by atoms with Gasteiger partial charge in [0.2, 0.25) is 0 Å². The van der Waals surface area contributed by atoms with Crippen molar-refractivity contribution < 1.29 is 23.9 Å². The molecule has 7 nitrogen and oxygen atoms in total. The largest absolute Gasteiger partial charge is 0.495 e. The number of likely N-dealkylation sites (N-methyl/N-ethyl adjacent to an activating group) is 1. The number of methoxy groups -OCH3 is 1. The molecule has 1 N–H and O–H groups in total. The second-order valence-corrected chi connectivity index (χ2v) is 3.08. The number of imide groups is 1. The minimum absolute atomic E-state index is 0.00347. The number of nitrogens with one attached hydrogen (secondary N) is 1. The summed E-state index contributed by atoms with van der Waals surface area (Å²) in [7, 11) is 2.66. The Morgan fingerprint density at radius 1 is 1.44 bits per heavy atom. The first-order chi connectivity index (χ1) is 7.47. The quantitative estimate of drug-likeness (QED) is 0.307. The summed E-state index contributed by atoms with van der Waals surface area (Å²) in [6.07, 6.45) is 0. The Morgan fingerprint density at radius 2 is 2.06 bits per heavy atom. The molecule has 1 aliphatic heterocycles. The van der Waals surface area contributed by atoms with Crippen LogP contribution in [0.25, 0.3) is 0 Å². The molecular formula is C9H12N2O5. The maximum absolute atomic E-state index is 11.5. The molecular weight excluding hydrogens is 216 g/mol. The second kappa shape index (κ2) is 4.65. The van der Waals surface area contributed by atoms with Gasteiger partial charge in [-0.15, -0.1) is 0 Å². The van der Waals surface area contributed by atoms with E-state index in [0.717, 1.165) is 4.90 Å². The minimum Gasteiger partial charge on any atom is -0.495 e. The molecule has 0 aliphatic carbocycles. The third-order valence-corrected chi connectivity index (χ3v) is 1.99. The highest BCUT2D eigenvalue weighted by molar-refractivity contribution is 6.11. The van der Waals surface area contributed by atoms with Crippen LogP contribution < -0.4 is 5.32 Å². The van der Waals surface area contributed by atoms with Gasteiger partial charge in [0.1, 0.15) is 0 Å². The fourth-order valence-corrected chi connectivity index (χ4v) is 1.09. The molecule has 0 radical (unpaired) electrons. The van der Waals surface area contributed by atoms with Crippen molar-refractivity contribution in [2.75, 3.05) is 20.8 Å². The highest BCUT2D eigenvalue weighted by Gasteiger charge is 2.33. The van der Waals surface area contributed by atoms with E-state index in [2.05, 4.69) is 10.1 Å². The van der Waals surface area contributed by atoms with Crippen LogP contribution in [-0.2, 0) is 19.1 Å². The molecule has 0 spiro atoms. The highest BCUT2D eigenvalue weighted by atomic mass is 16.6. The summed E-state index contributed by atoms with van der Waals surface area (Å²) in [4.78, 5) is 34.2. The zero-order valence-corrected chi connectivity index (χ0v) is 9.20. The van der Waals surface area contributed by atoms with Crippen LogP contribution in [0, 0.1) is 0 Å². The van der Waals surface area contributed by atoms with Crippen molar-refractivity contribution in [2.45, 2.75) is 6.92 Å². The maximum Gasteiger partial charge on any atom is 0.328 e. The lowest BCUT2D eigenvalue weighted by atomic mass is 10.3. The number of rotatable bonds is 3. The van der Waals surface area contributed by atoms with E-state index in [-0.39, 0.29) is 18.1 Å². The second-order valence-electron chi connectivity index (χ2n) is 3.08. The number of hydrogen-bond donors (Lipinski definition) is 1. The molecule has 0 aromatic rings. The molecule has 7 heteroatoms. The summed E-state index contributed by atoms with van der Waals surface area (Å²) < 4.78 is 9.57. The molecule has 1 saturated heterocycles. The van der Waals surface area contributed by atoms with Gasteiger partial charge in [0.05, 0.1) is 7.11 Å². The Balaban J connectivity index is 2.88. The molecule has 3 amide bonds. The van der Waals surface area contributed by atoms with Crippen molar-refractivity contribution in [3.05, 3.63) is 11.5 Å². The Labute approximate surface area is 92.0 Å². The van der Waals surface area contributed by atoms with E-state index in [0.29, 0.717) is 0 Å². The van der Waals surface area contributed by atoms with Gasteiger partial charge in [-0.1, -0.05) is 0 Å². The summed E-state index contributed by atoms with van der Waals surface area (Å²) >= 11 is 0. The smallest absolute Gasteiger partial charge is 0.328 e. The molecule has 88 valence electrons. The van der Waals surface area contributed by atoms with Crippen LogP contribution >= 0.6 is 0 Å². The molecule has 1 fully saturated rings. The third-order valence-electron chi connectivity index (χ3n) is 1.99. The third kappa shape index (κ3) is 2.30. The molecule has 0 unspecified atom stereocenters. The molecule has 1 heterocycles. The van der Waals surface area contributed by atoms with Gasteiger partial charge in [0.15, 0.2) is 18.1 Å². The van der Waals surface area contributed by atoms with Gasteiger partial charge in [-0.25, -0.2) is 4.79 Å². The number of hydrogen-bond acceptors (Lipinski definition) is 5. The first-order valence-electron chi connectivity index (χ1n) is 4.47. The summed E-state index contributed by atoms with van der Waals surface area (Å²) in [5.74, 6) is -0.910. The van der Waals surface area contributed by atoms with Crippen LogP contribution in [0.4, 0.5) is 4.79 Å². The van der Waals surface area contributed by atoms with Crippen LogP contribution in [0.3, 0.4) is 0 Å². The van der Waals surface area contributed by atoms with E-state index in [1.165, 1.54) is 21.1 Å². The van der Waals surface area contributed by atoms with Crippen molar-refractivity contribution in [2.24, 2.45) is 0 Å². The Morgan fingerprint density at radius 3 is 2.44 bits per heavy atom. The molecule has 0 aromatic carbocycles. The number of carbonyl (C=O) groups excluding carboxylic acids is 3. The van der Waals surface area contributed by atoms with Gasteiger partial charge in [-0.3, -0.25) is 19.8 Å². The van der Waals surface area contributed by atoms with Crippen LogP contribution in [0.1, 0.15) is 6.92 Å². The monoisotopic (exact) mass is 228 g/mol. The number of carbonyl (C=O) groups is 3. The summed E-state index contributed by atoms with van der Waals surface area (Å²) in [5, 5.41) is 2.33. The Kier molecular flexibility index (Phi) is 3.49. The van der Waals surface area contributed by atoms with Gasteiger partial charge in [0.25, 0.3) is 5.91 Å². The number of amides is 3. The number of esters is 1. The van der Waals surface area contributed by atoms with E-state index in [4.69, 9.17) is 4.74 Å². The number of ether oxygens (including phenoxy) is 2. The van der Waals surface area contributed by atoms with Gasteiger partial charge < -0.3 is 9.47 Å².